The Morgan fingerprint density at radius 3 is 2.39 bits per heavy atom. The summed E-state index contributed by atoms with van der Waals surface area (Å²) in [5.41, 5.74) is 0.893. The number of nitrogens with one attached hydrogen (secondary N) is 1. The lowest BCUT2D eigenvalue weighted by Gasteiger charge is -2.33. The van der Waals surface area contributed by atoms with Crippen molar-refractivity contribution in [2.75, 3.05) is 29.9 Å². The van der Waals surface area contributed by atoms with E-state index < -0.39 is 5.60 Å². The maximum absolute atomic E-state index is 12.8. The molecule has 0 radical (unpaired) electrons. The maximum atomic E-state index is 12.8. The average Bonchev–Trinajstić information content (AvgIpc) is 3.06. The second-order valence-corrected chi connectivity index (χ2v) is 8.40. The number of amides is 3. The van der Waals surface area contributed by atoms with E-state index in [1.165, 1.54) is 0 Å². The molecule has 1 aromatic rings. The van der Waals surface area contributed by atoms with Gasteiger partial charge in [0.2, 0.25) is 11.8 Å². The highest BCUT2D eigenvalue weighted by molar-refractivity contribution is 6.02. The summed E-state index contributed by atoms with van der Waals surface area (Å²) in [7, 11) is 0. The summed E-state index contributed by atoms with van der Waals surface area (Å²) < 4.78 is 5.40. The third-order valence-corrected chi connectivity index (χ3v) is 5.04. The van der Waals surface area contributed by atoms with Crippen molar-refractivity contribution in [2.45, 2.75) is 52.1 Å². The number of likely N-dealkylation sites (tertiary alicyclic amines) is 1. The predicted octanol–water partition coefficient (Wildman–Crippen LogP) is 3.40. The Morgan fingerprint density at radius 1 is 1.11 bits per heavy atom. The van der Waals surface area contributed by atoms with Crippen LogP contribution in [-0.2, 0) is 14.3 Å². The van der Waals surface area contributed by atoms with Crippen molar-refractivity contribution in [3.8, 4) is 0 Å². The molecule has 2 heterocycles. The molecule has 152 valence electrons. The summed E-state index contributed by atoms with van der Waals surface area (Å²) in [5.74, 6) is -0.142. The SMILES string of the molecule is CC(C)(C)OC(=O)N1CCC(C(=O)Nc2ccccc2N2CCCC2=O)CC1. The highest BCUT2D eigenvalue weighted by Crippen LogP contribution is 2.30. The zero-order chi connectivity index (χ0) is 20.3. The van der Waals surface area contributed by atoms with Crippen LogP contribution in [0.15, 0.2) is 24.3 Å². The van der Waals surface area contributed by atoms with E-state index in [0.717, 1.165) is 12.1 Å². The van der Waals surface area contributed by atoms with Crippen LogP contribution in [0.25, 0.3) is 0 Å². The fraction of sp³-hybridized carbons (Fsp3) is 0.571. The summed E-state index contributed by atoms with van der Waals surface area (Å²) in [6, 6.07) is 7.42. The van der Waals surface area contributed by atoms with Gasteiger partial charge in [-0.15, -0.1) is 0 Å². The molecule has 28 heavy (non-hydrogen) atoms. The van der Waals surface area contributed by atoms with Crippen LogP contribution in [0.4, 0.5) is 16.2 Å². The smallest absolute Gasteiger partial charge is 0.410 e. The summed E-state index contributed by atoms with van der Waals surface area (Å²) in [5, 5.41) is 2.99. The molecule has 2 aliphatic heterocycles. The van der Waals surface area contributed by atoms with Gasteiger partial charge in [-0.3, -0.25) is 9.59 Å². The van der Waals surface area contributed by atoms with Gasteiger partial charge in [-0.1, -0.05) is 12.1 Å². The van der Waals surface area contributed by atoms with Crippen molar-refractivity contribution >= 4 is 29.3 Å². The van der Waals surface area contributed by atoms with Crippen LogP contribution in [0.2, 0.25) is 0 Å². The number of anilines is 2. The molecule has 0 aromatic heterocycles. The van der Waals surface area contributed by atoms with Crippen LogP contribution >= 0.6 is 0 Å². The molecule has 7 heteroatoms. The molecule has 3 rings (SSSR count). The first-order valence-electron chi connectivity index (χ1n) is 9.93. The normalized spacial score (nSPS) is 18.3. The number of nitrogens with zero attached hydrogens (tertiary/aromatic N) is 2. The Balaban J connectivity index is 1.58. The van der Waals surface area contributed by atoms with Gasteiger partial charge in [-0.2, -0.15) is 0 Å². The number of hydrogen-bond acceptors (Lipinski definition) is 4. The first-order valence-corrected chi connectivity index (χ1v) is 9.93. The minimum Gasteiger partial charge on any atom is -0.444 e. The number of hydrogen-bond donors (Lipinski definition) is 1. The number of rotatable bonds is 3. The Morgan fingerprint density at radius 2 is 1.79 bits per heavy atom. The maximum Gasteiger partial charge on any atom is 0.410 e. The standard InChI is InChI=1S/C21H29N3O4/c1-21(2,3)28-20(27)23-13-10-15(11-14-23)19(26)22-16-7-4-5-8-17(16)24-12-6-9-18(24)25/h4-5,7-8,15H,6,9-14H2,1-3H3,(H,22,26). The molecule has 0 aliphatic carbocycles. The Labute approximate surface area is 166 Å². The zero-order valence-electron chi connectivity index (χ0n) is 16.9. The Kier molecular flexibility index (Phi) is 5.91. The first kappa shape index (κ1) is 20.2. The fourth-order valence-electron chi connectivity index (χ4n) is 3.60. The number of ether oxygens (including phenoxy) is 1. The molecule has 3 amide bonds. The van der Waals surface area contributed by atoms with Crippen molar-refractivity contribution in [3.63, 3.8) is 0 Å². The molecule has 0 spiro atoms. The Hall–Kier alpha value is -2.57. The van der Waals surface area contributed by atoms with Crippen molar-refractivity contribution in [3.05, 3.63) is 24.3 Å². The number of para-hydroxylation sites is 2. The number of carbonyl (C=O) groups is 3. The summed E-state index contributed by atoms with van der Waals surface area (Å²) >= 11 is 0. The monoisotopic (exact) mass is 387 g/mol. The molecule has 0 saturated carbocycles. The van der Waals surface area contributed by atoms with E-state index in [0.29, 0.717) is 44.6 Å². The van der Waals surface area contributed by atoms with E-state index in [1.54, 1.807) is 9.80 Å². The largest absolute Gasteiger partial charge is 0.444 e. The summed E-state index contributed by atoms with van der Waals surface area (Å²) in [4.78, 5) is 40.4. The lowest BCUT2D eigenvalue weighted by molar-refractivity contribution is -0.121. The van der Waals surface area contributed by atoms with Gasteiger partial charge in [0.25, 0.3) is 0 Å². The van der Waals surface area contributed by atoms with Crippen molar-refractivity contribution in [1.82, 2.24) is 4.90 Å². The number of piperidine rings is 1. The number of benzene rings is 1. The van der Waals surface area contributed by atoms with Gasteiger partial charge >= 0.3 is 6.09 Å². The average molecular weight is 387 g/mol. The molecule has 2 fully saturated rings. The highest BCUT2D eigenvalue weighted by Gasteiger charge is 2.31. The molecular weight excluding hydrogens is 358 g/mol. The second-order valence-electron chi connectivity index (χ2n) is 8.40. The second kappa shape index (κ2) is 8.20. The minimum atomic E-state index is -0.526. The molecule has 1 aromatic carbocycles. The molecular formula is C21H29N3O4. The van der Waals surface area contributed by atoms with E-state index in [2.05, 4.69) is 5.32 Å². The van der Waals surface area contributed by atoms with E-state index in [4.69, 9.17) is 4.74 Å². The fourth-order valence-corrected chi connectivity index (χ4v) is 3.60. The van der Waals surface area contributed by atoms with Gasteiger partial charge in [0.05, 0.1) is 11.4 Å². The molecule has 0 atom stereocenters. The van der Waals surface area contributed by atoms with Crippen LogP contribution < -0.4 is 10.2 Å². The van der Waals surface area contributed by atoms with Gasteiger partial charge < -0.3 is 19.9 Å². The van der Waals surface area contributed by atoms with E-state index >= 15 is 0 Å². The zero-order valence-corrected chi connectivity index (χ0v) is 16.9. The highest BCUT2D eigenvalue weighted by atomic mass is 16.6. The van der Waals surface area contributed by atoms with Crippen molar-refractivity contribution in [1.29, 1.82) is 0 Å². The molecule has 2 aliphatic rings. The van der Waals surface area contributed by atoms with E-state index in [9.17, 15) is 14.4 Å². The lowest BCUT2D eigenvalue weighted by atomic mass is 9.96. The van der Waals surface area contributed by atoms with Gasteiger partial charge in [0.1, 0.15) is 5.60 Å². The van der Waals surface area contributed by atoms with Gasteiger partial charge in [-0.05, 0) is 52.2 Å². The van der Waals surface area contributed by atoms with E-state index in [-0.39, 0.29) is 23.8 Å². The van der Waals surface area contributed by atoms with Gasteiger partial charge in [0.15, 0.2) is 0 Å². The number of carbonyl (C=O) groups excluding carboxylic acids is 3. The molecule has 0 unspecified atom stereocenters. The van der Waals surface area contributed by atoms with E-state index in [1.807, 2.05) is 45.0 Å². The summed E-state index contributed by atoms with van der Waals surface area (Å²) in [6.45, 7) is 7.20. The first-order chi connectivity index (χ1) is 13.2. The van der Waals surface area contributed by atoms with Crippen molar-refractivity contribution < 1.29 is 19.1 Å². The van der Waals surface area contributed by atoms with Crippen LogP contribution in [0.3, 0.4) is 0 Å². The summed E-state index contributed by atoms with van der Waals surface area (Å²) in [6.07, 6.45) is 2.24. The van der Waals surface area contributed by atoms with Crippen LogP contribution in [0.5, 0.6) is 0 Å². The van der Waals surface area contributed by atoms with Crippen LogP contribution in [0.1, 0.15) is 46.5 Å². The third kappa shape index (κ3) is 4.82. The molecule has 1 N–H and O–H groups in total. The molecule has 0 bridgehead atoms. The van der Waals surface area contributed by atoms with Crippen molar-refractivity contribution in [2.24, 2.45) is 5.92 Å². The molecule has 2 saturated heterocycles. The molecule has 7 nitrogen and oxygen atoms in total. The third-order valence-electron chi connectivity index (χ3n) is 5.04. The predicted molar refractivity (Wildman–Crippen MR) is 107 cm³/mol. The Bertz CT molecular complexity index is 748. The van der Waals surface area contributed by atoms with Crippen LogP contribution in [-0.4, -0.2) is 48.0 Å². The van der Waals surface area contributed by atoms with Gasteiger partial charge in [0, 0.05) is 32.0 Å². The van der Waals surface area contributed by atoms with Gasteiger partial charge in [-0.25, -0.2) is 4.79 Å². The topological polar surface area (TPSA) is 79.0 Å². The quantitative estimate of drug-likeness (QED) is 0.862. The van der Waals surface area contributed by atoms with Crippen LogP contribution in [0, 0.1) is 5.92 Å². The lowest BCUT2D eigenvalue weighted by Crippen LogP contribution is -2.43. The minimum absolute atomic E-state index is 0.0667.